The van der Waals surface area contributed by atoms with Crippen LogP contribution in [0.5, 0.6) is 0 Å². The molecule has 1 unspecified atom stereocenters. The number of anilines is 1. The number of nitrogens with one attached hydrogen (secondary N) is 2. The fourth-order valence-corrected chi connectivity index (χ4v) is 2.93. The van der Waals surface area contributed by atoms with Gasteiger partial charge in [-0.25, -0.2) is 0 Å². The molecular formula is C19H28N3OS+. The van der Waals surface area contributed by atoms with Gasteiger partial charge in [-0.15, -0.1) is 0 Å². The Morgan fingerprint density at radius 1 is 1.29 bits per heavy atom. The summed E-state index contributed by atoms with van der Waals surface area (Å²) >= 11 is 5.70. The van der Waals surface area contributed by atoms with Crippen LogP contribution < -0.4 is 10.2 Å². The molecule has 0 fully saturated rings. The summed E-state index contributed by atoms with van der Waals surface area (Å²) in [5.41, 5.74) is 2.33. The highest BCUT2D eigenvalue weighted by molar-refractivity contribution is 7.80. The average molecular weight is 347 g/mol. The summed E-state index contributed by atoms with van der Waals surface area (Å²) in [6, 6.07) is 12.4. The zero-order valence-electron chi connectivity index (χ0n) is 15.0. The lowest BCUT2D eigenvalue weighted by atomic mass is 10.1. The van der Waals surface area contributed by atoms with E-state index in [1.807, 2.05) is 12.1 Å². The Balaban J connectivity index is 2.13. The Morgan fingerprint density at radius 3 is 2.71 bits per heavy atom. The number of benzene rings is 1. The molecule has 1 heterocycles. The van der Waals surface area contributed by atoms with Crippen molar-refractivity contribution in [3.8, 4) is 0 Å². The summed E-state index contributed by atoms with van der Waals surface area (Å²) in [6.07, 6.45) is 2.72. The van der Waals surface area contributed by atoms with Crippen molar-refractivity contribution in [1.82, 2.24) is 4.90 Å². The molecule has 5 heteroatoms. The van der Waals surface area contributed by atoms with Gasteiger partial charge in [-0.3, -0.25) is 0 Å². The maximum absolute atomic E-state index is 5.70. The monoisotopic (exact) mass is 346 g/mol. The van der Waals surface area contributed by atoms with Crippen molar-refractivity contribution in [2.45, 2.75) is 26.3 Å². The molecule has 130 valence electrons. The number of aryl methyl sites for hydroxylation is 1. The van der Waals surface area contributed by atoms with Crippen LogP contribution in [0.25, 0.3) is 0 Å². The Labute approximate surface area is 150 Å². The third-order valence-electron chi connectivity index (χ3n) is 4.12. The van der Waals surface area contributed by atoms with Crippen molar-refractivity contribution < 1.29 is 9.32 Å². The van der Waals surface area contributed by atoms with Crippen molar-refractivity contribution in [3.05, 3.63) is 54.0 Å². The Hall–Kier alpha value is -1.85. The van der Waals surface area contributed by atoms with E-state index in [4.69, 9.17) is 16.6 Å². The molecule has 1 aromatic carbocycles. The molecule has 0 aliphatic carbocycles. The summed E-state index contributed by atoms with van der Waals surface area (Å²) in [5.74, 6) is 0.926. The van der Waals surface area contributed by atoms with Gasteiger partial charge in [0.2, 0.25) is 0 Å². The van der Waals surface area contributed by atoms with Crippen LogP contribution in [0.15, 0.2) is 47.1 Å². The van der Waals surface area contributed by atoms with Crippen LogP contribution in [0.2, 0.25) is 0 Å². The molecule has 1 atom stereocenters. The van der Waals surface area contributed by atoms with Crippen LogP contribution in [-0.4, -0.2) is 37.2 Å². The van der Waals surface area contributed by atoms with Gasteiger partial charge in [-0.05, 0) is 55.4 Å². The topological polar surface area (TPSA) is 32.9 Å². The maximum Gasteiger partial charge on any atom is 0.174 e. The van der Waals surface area contributed by atoms with Crippen molar-refractivity contribution in [2.75, 3.05) is 32.5 Å². The largest absolute Gasteiger partial charge is 0.467 e. The molecule has 0 amide bonds. The molecule has 1 aromatic heterocycles. The highest BCUT2D eigenvalue weighted by Crippen LogP contribution is 2.22. The molecule has 0 saturated carbocycles. The van der Waals surface area contributed by atoms with Gasteiger partial charge in [0.15, 0.2) is 5.11 Å². The van der Waals surface area contributed by atoms with Crippen molar-refractivity contribution in [2.24, 2.45) is 0 Å². The fourth-order valence-electron chi connectivity index (χ4n) is 2.56. The molecule has 0 saturated heterocycles. The van der Waals surface area contributed by atoms with Crippen LogP contribution in [0, 0.1) is 0 Å². The van der Waals surface area contributed by atoms with Crippen LogP contribution in [0.3, 0.4) is 0 Å². The van der Waals surface area contributed by atoms with E-state index in [0.717, 1.165) is 36.1 Å². The van der Waals surface area contributed by atoms with E-state index >= 15 is 0 Å². The van der Waals surface area contributed by atoms with E-state index in [-0.39, 0.29) is 6.04 Å². The lowest BCUT2D eigenvalue weighted by molar-refractivity contribution is -0.857. The second-order valence-corrected chi connectivity index (χ2v) is 6.71. The van der Waals surface area contributed by atoms with E-state index in [9.17, 15) is 0 Å². The van der Waals surface area contributed by atoms with Crippen molar-refractivity contribution in [1.29, 1.82) is 0 Å². The summed E-state index contributed by atoms with van der Waals surface area (Å²) in [7, 11) is 4.30. The number of likely N-dealkylation sites (N-methyl/N-ethyl adjacent to an activating group) is 1. The molecule has 0 spiro atoms. The van der Waals surface area contributed by atoms with Crippen molar-refractivity contribution >= 4 is 23.0 Å². The Bertz CT molecular complexity index is 640. The first-order valence-corrected chi connectivity index (χ1v) is 8.91. The van der Waals surface area contributed by atoms with E-state index in [1.54, 1.807) is 6.26 Å². The van der Waals surface area contributed by atoms with Crippen LogP contribution in [0.4, 0.5) is 5.69 Å². The highest BCUT2D eigenvalue weighted by atomic mass is 32.1. The molecule has 24 heavy (non-hydrogen) atoms. The maximum atomic E-state index is 5.70. The lowest BCUT2D eigenvalue weighted by Crippen LogP contribution is -3.06. The number of hydrogen-bond donors (Lipinski definition) is 2. The summed E-state index contributed by atoms with van der Waals surface area (Å²) in [6.45, 7) is 6.15. The Morgan fingerprint density at radius 2 is 2.08 bits per heavy atom. The van der Waals surface area contributed by atoms with Gasteiger partial charge in [-0.2, -0.15) is 0 Å². The molecule has 0 bridgehead atoms. The predicted molar refractivity (Wildman–Crippen MR) is 104 cm³/mol. The lowest BCUT2D eigenvalue weighted by Gasteiger charge is -2.31. The molecule has 0 aliphatic rings. The summed E-state index contributed by atoms with van der Waals surface area (Å²) in [4.78, 5) is 3.59. The van der Waals surface area contributed by atoms with Gasteiger partial charge in [0.25, 0.3) is 0 Å². The fraction of sp³-hybridized carbons (Fsp3) is 0.421. The minimum absolute atomic E-state index is 0.0914. The minimum Gasteiger partial charge on any atom is -0.467 e. The van der Waals surface area contributed by atoms with E-state index in [2.05, 4.69) is 62.4 Å². The second-order valence-electron chi connectivity index (χ2n) is 6.33. The molecule has 2 N–H and O–H groups in total. The first-order valence-electron chi connectivity index (χ1n) is 8.50. The van der Waals surface area contributed by atoms with Crippen LogP contribution in [0.1, 0.15) is 31.2 Å². The number of thiocarbonyl (C=S) groups is 1. The summed E-state index contributed by atoms with van der Waals surface area (Å²) in [5, 5.41) is 4.12. The Kier molecular flexibility index (Phi) is 6.82. The molecular weight excluding hydrogens is 318 g/mol. The first-order chi connectivity index (χ1) is 11.5. The highest BCUT2D eigenvalue weighted by Gasteiger charge is 2.21. The van der Waals surface area contributed by atoms with Gasteiger partial charge in [-0.1, -0.05) is 19.1 Å². The molecule has 2 rings (SSSR count). The first kappa shape index (κ1) is 18.5. The molecule has 4 nitrogen and oxygen atoms in total. The van der Waals surface area contributed by atoms with E-state index in [1.165, 1.54) is 10.5 Å². The van der Waals surface area contributed by atoms with Crippen LogP contribution >= 0.6 is 12.2 Å². The molecule has 2 aromatic rings. The zero-order valence-corrected chi connectivity index (χ0v) is 15.8. The number of hydrogen-bond acceptors (Lipinski definition) is 2. The smallest absolute Gasteiger partial charge is 0.174 e. The van der Waals surface area contributed by atoms with Gasteiger partial charge in [0.1, 0.15) is 5.76 Å². The second kappa shape index (κ2) is 8.85. The number of nitrogens with zero attached hydrogens (tertiary/aromatic N) is 1. The quantitative estimate of drug-likeness (QED) is 0.755. The number of rotatable bonds is 7. The standard InChI is InChI=1S/C19H27N3OS/c1-5-16-8-6-9-17(14-16)20-19(24)22(12-11-21(3)4)15(2)18-10-7-13-23-18/h6-10,13-15H,5,11-12H2,1-4H3,(H,20,24)/p+1. The third-order valence-corrected chi connectivity index (χ3v) is 4.46. The van der Waals surface area contributed by atoms with E-state index in [0.29, 0.717) is 0 Å². The molecule has 0 aliphatic heterocycles. The third kappa shape index (κ3) is 5.08. The van der Waals surface area contributed by atoms with Crippen LogP contribution in [-0.2, 0) is 6.42 Å². The average Bonchev–Trinajstić information content (AvgIpc) is 3.09. The number of quaternary nitrogens is 1. The minimum atomic E-state index is 0.0914. The predicted octanol–water partition coefficient (Wildman–Crippen LogP) is 2.75. The molecule has 0 radical (unpaired) electrons. The van der Waals surface area contributed by atoms with Gasteiger partial charge in [0.05, 0.1) is 39.5 Å². The number of furan rings is 1. The SMILES string of the molecule is CCc1cccc(NC(=S)N(CC[NH+](C)C)C(C)c2ccco2)c1. The van der Waals surface area contributed by atoms with Gasteiger partial charge >= 0.3 is 0 Å². The summed E-state index contributed by atoms with van der Waals surface area (Å²) < 4.78 is 5.58. The van der Waals surface area contributed by atoms with Gasteiger partial charge in [0, 0.05) is 5.69 Å². The van der Waals surface area contributed by atoms with E-state index < -0.39 is 0 Å². The van der Waals surface area contributed by atoms with Crippen molar-refractivity contribution in [3.63, 3.8) is 0 Å². The normalized spacial score (nSPS) is 12.2. The zero-order chi connectivity index (χ0) is 17.5. The van der Waals surface area contributed by atoms with Gasteiger partial charge < -0.3 is 19.5 Å².